The molecule has 8 heteroatoms. The van der Waals surface area contributed by atoms with Gasteiger partial charge in [0.15, 0.2) is 0 Å². The van der Waals surface area contributed by atoms with Gasteiger partial charge in [0.05, 0.1) is 17.4 Å². The van der Waals surface area contributed by atoms with Gasteiger partial charge in [-0.2, -0.15) is 9.40 Å². The van der Waals surface area contributed by atoms with Gasteiger partial charge in [-0.3, -0.25) is 10.1 Å². The summed E-state index contributed by atoms with van der Waals surface area (Å²) in [5.74, 6) is 0. The van der Waals surface area contributed by atoms with E-state index in [4.69, 9.17) is 0 Å². The fraction of sp³-hybridized carbons (Fsp3) is 0.429. The van der Waals surface area contributed by atoms with Crippen LogP contribution in [0.2, 0.25) is 0 Å². The zero-order valence-electron chi connectivity index (χ0n) is 12.6. The second-order valence-corrected chi connectivity index (χ2v) is 7.21. The molecule has 118 valence electrons. The van der Waals surface area contributed by atoms with Crippen molar-refractivity contribution >= 4 is 10.0 Å². The minimum Gasteiger partial charge on any atom is -0.313 e. The highest BCUT2D eigenvalue weighted by atomic mass is 32.2. The monoisotopic (exact) mass is 321 g/mol. The largest absolute Gasteiger partial charge is 0.313 e. The first-order chi connectivity index (χ1) is 10.5. The minimum atomic E-state index is -3.61. The summed E-state index contributed by atoms with van der Waals surface area (Å²) >= 11 is 0. The number of hydrogen-bond donors (Lipinski definition) is 2. The molecule has 2 N–H and O–H groups in total. The van der Waals surface area contributed by atoms with Crippen molar-refractivity contribution in [2.45, 2.75) is 24.8 Å². The minimum absolute atomic E-state index is 0.263. The van der Waals surface area contributed by atoms with Crippen LogP contribution in [-0.2, 0) is 10.0 Å². The maximum Gasteiger partial charge on any atom is 0.247 e. The van der Waals surface area contributed by atoms with Gasteiger partial charge in [-0.05, 0) is 25.5 Å². The van der Waals surface area contributed by atoms with Crippen LogP contribution >= 0.6 is 0 Å². The van der Waals surface area contributed by atoms with Crippen molar-refractivity contribution in [2.24, 2.45) is 0 Å². The Morgan fingerprint density at radius 3 is 2.82 bits per heavy atom. The molecule has 0 aliphatic carbocycles. The second-order valence-electron chi connectivity index (χ2n) is 5.39. The van der Waals surface area contributed by atoms with Crippen LogP contribution in [0.25, 0.3) is 0 Å². The molecule has 22 heavy (non-hydrogen) atoms. The number of sulfonamides is 1. The van der Waals surface area contributed by atoms with E-state index in [1.165, 1.54) is 0 Å². The molecule has 0 aromatic carbocycles. The third-order valence-corrected chi connectivity index (χ3v) is 6.06. The van der Waals surface area contributed by atoms with E-state index < -0.39 is 10.0 Å². The second kappa shape index (κ2) is 5.79. The van der Waals surface area contributed by atoms with Gasteiger partial charge < -0.3 is 5.32 Å². The van der Waals surface area contributed by atoms with E-state index in [0.29, 0.717) is 31.0 Å². The lowest BCUT2D eigenvalue weighted by Gasteiger charge is -2.35. The van der Waals surface area contributed by atoms with E-state index >= 15 is 0 Å². The number of pyridine rings is 1. The summed E-state index contributed by atoms with van der Waals surface area (Å²) in [6.45, 7) is 5.06. The van der Waals surface area contributed by atoms with Crippen LogP contribution in [-0.4, -0.2) is 47.5 Å². The van der Waals surface area contributed by atoms with Crippen molar-refractivity contribution in [1.82, 2.24) is 24.8 Å². The molecule has 0 radical (unpaired) electrons. The third-order valence-electron chi connectivity index (χ3n) is 3.89. The Labute approximate surface area is 129 Å². The first-order valence-corrected chi connectivity index (χ1v) is 8.60. The molecule has 0 amide bonds. The SMILES string of the molecule is Cc1n[nH]c(C)c1S(=O)(=O)N1CCNCC1c1cccnc1. The number of aromatic amines is 1. The fourth-order valence-corrected chi connectivity index (χ4v) is 4.82. The normalized spacial score (nSPS) is 20.2. The van der Waals surface area contributed by atoms with Crippen LogP contribution in [0, 0.1) is 13.8 Å². The van der Waals surface area contributed by atoms with Crippen LogP contribution in [0.4, 0.5) is 0 Å². The van der Waals surface area contributed by atoms with Gasteiger partial charge in [0.2, 0.25) is 10.0 Å². The van der Waals surface area contributed by atoms with Gasteiger partial charge in [-0.15, -0.1) is 0 Å². The smallest absolute Gasteiger partial charge is 0.247 e. The Kier molecular flexibility index (Phi) is 3.98. The molecular weight excluding hydrogens is 302 g/mol. The van der Waals surface area contributed by atoms with Crippen molar-refractivity contribution in [3.8, 4) is 0 Å². The molecule has 0 spiro atoms. The molecule has 2 aromatic heterocycles. The quantitative estimate of drug-likeness (QED) is 0.871. The summed E-state index contributed by atoms with van der Waals surface area (Å²) < 4.78 is 27.7. The lowest BCUT2D eigenvalue weighted by atomic mass is 10.1. The van der Waals surface area contributed by atoms with Gasteiger partial charge in [-0.1, -0.05) is 6.07 Å². The van der Waals surface area contributed by atoms with Gasteiger partial charge in [0.1, 0.15) is 4.90 Å². The summed E-state index contributed by atoms with van der Waals surface area (Å²) in [6, 6.07) is 3.46. The van der Waals surface area contributed by atoms with Crippen molar-refractivity contribution in [2.75, 3.05) is 19.6 Å². The summed E-state index contributed by atoms with van der Waals surface area (Å²) in [6.07, 6.45) is 3.40. The number of aromatic nitrogens is 3. The van der Waals surface area contributed by atoms with Crippen LogP contribution in [0.5, 0.6) is 0 Å². The van der Waals surface area contributed by atoms with Crippen molar-refractivity contribution in [3.05, 3.63) is 41.5 Å². The molecule has 1 aliphatic rings. The molecule has 2 aromatic rings. The van der Waals surface area contributed by atoms with E-state index in [9.17, 15) is 8.42 Å². The number of nitrogens with zero attached hydrogens (tertiary/aromatic N) is 3. The summed E-state index contributed by atoms with van der Waals surface area (Å²) in [5.41, 5.74) is 1.96. The molecule has 1 saturated heterocycles. The number of rotatable bonds is 3. The number of aryl methyl sites for hydroxylation is 2. The highest BCUT2D eigenvalue weighted by molar-refractivity contribution is 7.89. The number of piperazine rings is 1. The average molecular weight is 321 g/mol. The number of nitrogens with one attached hydrogen (secondary N) is 2. The maximum absolute atomic E-state index is 13.1. The average Bonchev–Trinajstić information content (AvgIpc) is 2.88. The first kappa shape index (κ1) is 15.1. The topological polar surface area (TPSA) is 91.0 Å². The van der Waals surface area contributed by atoms with Gasteiger partial charge in [-0.25, -0.2) is 8.42 Å². The van der Waals surface area contributed by atoms with Crippen LogP contribution in [0.15, 0.2) is 29.4 Å². The fourth-order valence-electron chi connectivity index (χ4n) is 2.87. The molecular formula is C14H19N5O2S. The Hall–Kier alpha value is -1.77. The predicted octanol–water partition coefficient (Wildman–Crippen LogP) is 0.757. The standard InChI is InChI=1S/C14H19N5O2S/c1-10-14(11(2)18-17-10)22(20,21)19-7-6-16-9-13(19)12-4-3-5-15-8-12/h3-5,8,13,16H,6-7,9H2,1-2H3,(H,17,18). The zero-order valence-corrected chi connectivity index (χ0v) is 13.4. The summed E-state index contributed by atoms with van der Waals surface area (Å²) in [5, 5.41) is 10.0. The van der Waals surface area contributed by atoms with Gasteiger partial charge in [0.25, 0.3) is 0 Å². The Bertz CT molecular complexity index is 737. The molecule has 3 heterocycles. The van der Waals surface area contributed by atoms with Crippen molar-refractivity contribution in [1.29, 1.82) is 0 Å². The van der Waals surface area contributed by atoms with Crippen molar-refractivity contribution in [3.63, 3.8) is 0 Å². The third kappa shape index (κ3) is 2.53. The van der Waals surface area contributed by atoms with Gasteiger partial charge >= 0.3 is 0 Å². The molecule has 1 fully saturated rings. The highest BCUT2D eigenvalue weighted by Crippen LogP contribution is 2.30. The van der Waals surface area contributed by atoms with Gasteiger partial charge in [0, 0.05) is 32.0 Å². The molecule has 1 unspecified atom stereocenters. The lowest BCUT2D eigenvalue weighted by Crippen LogP contribution is -2.48. The van der Waals surface area contributed by atoms with Crippen LogP contribution in [0.3, 0.4) is 0 Å². The summed E-state index contributed by atoms with van der Waals surface area (Å²) in [4.78, 5) is 4.39. The molecule has 0 bridgehead atoms. The number of hydrogen-bond acceptors (Lipinski definition) is 5. The van der Waals surface area contributed by atoms with E-state index in [0.717, 1.165) is 5.56 Å². The van der Waals surface area contributed by atoms with E-state index in [-0.39, 0.29) is 10.9 Å². The molecule has 1 aliphatic heterocycles. The van der Waals surface area contributed by atoms with Crippen LogP contribution < -0.4 is 5.32 Å². The molecule has 1 atom stereocenters. The Morgan fingerprint density at radius 2 is 2.18 bits per heavy atom. The lowest BCUT2D eigenvalue weighted by molar-refractivity contribution is 0.271. The van der Waals surface area contributed by atoms with E-state index in [1.807, 2.05) is 12.1 Å². The molecule has 0 saturated carbocycles. The Balaban J connectivity index is 2.04. The van der Waals surface area contributed by atoms with E-state index in [1.54, 1.807) is 30.5 Å². The molecule has 3 rings (SSSR count). The first-order valence-electron chi connectivity index (χ1n) is 7.16. The predicted molar refractivity (Wildman–Crippen MR) is 81.8 cm³/mol. The molecule has 7 nitrogen and oxygen atoms in total. The highest BCUT2D eigenvalue weighted by Gasteiger charge is 2.37. The van der Waals surface area contributed by atoms with Crippen molar-refractivity contribution < 1.29 is 8.42 Å². The Morgan fingerprint density at radius 1 is 1.36 bits per heavy atom. The van der Waals surface area contributed by atoms with Crippen LogP contribution in [0.1, 0.15) is 23.0 Å². The van der Waals surface area contributed by atoms with E-state index in [2.05, 4.69) is 20.5 Å². The zero-order chi connectivity index (χ0) is 15.7. The maximum atomic E-state index is 13.1. The number of H-pyrrole nitrogens is 1. The summed E-state index contributed by atoms with van der Waals surface area (Å²) in [7, 11) is -3.61.